The molecule has 2 radical (unpaired) electrons. The average Bonchev–Trinajstić information content (AvgIpc) is 3.48. The minimum absolute atomic E-state index is 1.19. The summed E-state index contributed by atoms with van der Waals surface area (Å²) in [7, 11) is 4.77. The molecule has 0 saturated heterocycles. The number of fused-ring (bicyclic) bond motifs is 6. The number of benzene rings is 8. The summed E-state index contributed by atoms with van der Waals surface area (Å²) in [5.74, 6) is 0. The van der Waals surface area contributed by atoms with Crippen LogP contribution in [0.2, 0.25) is 0 Å². The zero-order chi connectivity index (χ0) is 30.4. The summed E-state index contributed by atoms with van der Waals surface area (Å²) >= 11 is 0. The second kappa shape index (κ2) is 9.73. The van der Waals surface area contributed by atoms with Gasteiger partial charge in [0.25, 0.3) is 0 Å². The Balaban J connectivity index is 1.24. The van der Waals surface area contributed by atoms with Crippen LogP contribution in [0.15, 0.2) is 146 Å². The van der Waals surface area contributed by atoms with E-state index >= 15 is 0 Å². The van der Waals surface area contributed by atoms with Crippen molar-refractivity contribution in [2.24, 2.45) is 0 Å². The Labute approximate surface area is 269 Å². The largest absolute Gasteiger partial charge is 0.311 e. The van der Waals surface area contributed by atoms with Crippen LogP contribution in [0.25, 0.3) is 71.3 Å². The van der Waals surface area contributed by atoms with Gasteiger partial charge in [0.15, 0.2) is 14.6 Å². The molecule has 1 aliphatic rings. The first kappa shape index (κ1) is 25.8. The van der Waals surface area contributed by atoms with Crippen molar-refractivity contribution in [1.82, 2.24) is 4.57 Å². The minimum Gasteiger partial charge on any atom is -0.311 e. The Kier molecular flexibility index (Phi) is 5.45. The lowest BCUT2D eigenvalue weighted by molar-refractivity contribution is 1.19. The topological polar surface area (TPSA) is 4.93 Å². The van der Waals surface area contributed by atoms with Crippen LogP contribution in [-0.2, 0) is 0 Å². The molecule has 9 aromatic rings. The molecule has 1 aromatic heterocycles. The highest BCUT2D eigenvalue weighted by Gasteiger charge is 2.28. The Morgan fingerprint density at radius 1 is 0.478 bits per heavy atom. The first-order valence-electron chi connectivity index (χ1n) is 16.0. The van der Waals surface area contributed by atoms with Gasteiger partial charge in [-0.05, 0) is 62.4 Å². The third-order valence-electron chi connectivity index (χ3n) is 9.92. The average molecular weight is 579 g/mol. The smallest absolute Gasteiger partial charge is 0.197 e. The summed E-state index contributed by atoms with van der Waals surface area (Å²) in [6, 6.07) is 53.3. The zero-order valence-corrected chi connectivity index (χ0v) is 25.5. The van der Waals surface area contributed by atoms with Crippen molar-refractivity contribution in [2.45, 2.75) is 6.92 Å². The number of rotatable bonds is 4. The second-order valence-corrected chi connectivity index (χ2v) is 12.6. The third-order valence-corrected chi connectivity index (χ3v) is 9.92. The van der Waals surface area contributed by atoms with Gasteiger partial charge in [-0.3, -0.25) is 0 Å². The molecule has 0 unspecified atom stereocenters. The van der Waals surface area contributed by atoms with E-state index in [4.69, 9.17) is 0 Å². The standard InChI is InChI=1S/C43H27B2N/c1-26-19-20-34-32-15-8-9-16-33(32)35-21-22-38-43-40(35)39(34)41(26)46(43)42-36(17-10-18-37(42)45-38)44-31-24-29(27-11-4-2-5-12-27)23-30(25-31)28-13-6-3-7-14-28/h2-25H,1H3. The molecule has 46 heavy (non-hydrogen) atoms. The predicted molar refractivity (Wildman–Crippen MR) is 199 cm³/mol. The first-order chi connectivity index (χ1) is 22.7. The van der Waals surface area contributed by atoms with Gasteiger partial charge in [0.1, 0.15) is 0 Å². The van der Waals surface area contributed by atoms with Gasteiger partial charge in [-0.1, -0.05) is 161 Å². The fourth-order valence-corrected chi connectivity index (χ4v) is 7.94. The summed E-state index contributed by atoms with van der Waals surface area (Å²) in [5.41, 5.74) is 15.0. The lowest BCUT2D eigenvalue weighted by Gasteiger charge is -2.24. The summed E-state index contributed by atoms with van der Waals surface area (Å²) in [6.45, 7) is 2.27. The Morgan fingerprint density at radius 2 is 1.09 bits per heavy atom. The highest BCUT2D eigenvalue weighted by Crippen LogP contribution is 2.44. The molecule has 0 amide bonds. The first-order valence-corrected chi connectivity index (χ1v) is 16.0. The van der Waals surface area contributed by atoms with Crippen LogP contribution in [0.3, 0.4) is 0 Å². The molecule has 1 aliphatic heterocycles. The van der Waals surface area contributed by atoms with E-state index in [1.165, 1.54) is 98.7 Å². The normalized spacial score (nSPS) is 12.2. The maximum atomic E-state index is 2.58. The monoisotopic (exact) mass is 579 g/mol. The molecule has 3 heteroatoms. The maximum Gasteiger partial charge on any atom is 0.197 e. The van der Waals surface area contributed by atoms with E-state index in [2.05, 4.69) is 172 Å². The van der Waals surface area contributed by atoms with Gasteiger partial charge in [0, 0.05) is 22.0 Å². The van der Waals surface area contributed by atoms with E-state index in [-0.39, 0.29) is 0 Å². The molecule has 0 N–H and O–H groups in total. The third kappa shape index (κ3) is 3.66. The van der Waals surface area contributed by atoms with E-state index in [1.807, 2.05) is 0 Å². The molecule has 0 spiro atoms. The predicted octanol–water partition coefficient (Wildman–Crippen LogP) is 7.79. The number of nitrogens with zero attached hydrogens (tertiary/aromatic N) is 1. The molecule has 10 rings (SSSR count). The van der Waals surface area contributed by atoms with Gasteiger partial charge in [0.2, 0.25) is 0 Å². The van der Waals surface area contributed by atoms with Gasteiger partial charge in [-0.25, -0.2) is 0 Å². The fourth-order valence-electron chi connectivity index (χ4n) is 7.94. The molecule has 8 aromatic carbocycles. The molecule has 1 nitrogen and oxygen atoms in total. The van der Waals surface area contributed by atoms with Crippen LogP contribution in [0.5, 0.6) is 0 Å². The molecule has 2 heterocycles. The van der Waals surface area contributed by atoms with Crippen molar-refractivity contribution >= 4 is 79.8 Å². The summed E-state index contributed by atoms with van der Waals surface area (Å²) in [6.07, 6.45) is 0. The van der Waals surface area contributed by atoms with Crippen LogP contribution < -0.4 is 21.9 Å². The van der Waals surface area contributed by atoms with Crippen molar-refractivity contribution in [3.8, 4) is 27.9 Å². The van der Waals surface area contributed by atoms with Crippen molar-refractivity contribution in [1.29, 1.82) is 0 Å². The highest BCUT2D eigenvalue weighted by molar-refractivity contribution is 6.75. The molecule has 210 valence electrons. The fraction of sp³-hybridized carbons (Fsp3) is 0.0233. The summed E-state index contributed by atoms with van der Waals surface area (Å²) < 4.78 is 2.58. The van der Waals surface area contributed by atoms with Gasteiger partial charge in [-0.15, -0.1) is 0 Å². The van der Waals surface area contributed by atoms with E-state index in [9.17, 15) is 0 Å². The molecule has 0 fully saturated rings. The molecule has 0 bridgehead atoms. The van der Waals surface area contributed by atoms with Crippen molar-refractivity contribution in [3.63, 3.8) is 0 Å². The SMILES string of the molecule is Cc1ccc2c3ccccc3c3ccc4c5c3c2c1n5-c1c([B]c2cc(-c3ccccc3)cc(-c3ccccc3)c2)cccc1[B]4. The second-order valence-electron chi connectivity index (χ2n) is 12.6. The molecule has 0 atom stereocenters. The van der Waals surface area contributed by atoms with Crippen LogP contribution in [0.4, 0.5) is 0 Å². The number of aromatic nitrogens is 1. The number of aryl methyl sites for hydroxylation is 1. The maximum absolute atomic E-state index is 2.58. The van der Waals surface area contributed by atoms with E-state index in [1.54, 1.807) is 0 Å². The molecule has 0 saturated carbocycles. The van der Waals surface area contributed by atoms with Crippen LogP contribution in [0, 0.1) is 6.92 Å². The number of para-hydroxylation sites is 1. The van der Waals surface area contributed by atoms with Gasteiger partial charge in [-0.2, -0.15) is 0 Å². The van der Waals surface area contributed by atoms with E-state index in [0.29, 0.717) is 0 Å². The van der Waals surface area contributed by atoms with Crippen LogP contribution >= 0.6 is 0 Å². The van der Waals surface area contributed by atoms with Crippen molar-refractivity contribution in [2.75, 3.05) is 0 Å². The Morgan fingerprint density at radius 3 is 1.76 bits per heavy atom. The lowest BCUT2D eigenvalue weighted by atomic mass is 9.56. The zero-order valence-electron chi connectivity index (χ0n) is 25.5. The Bertz CT molecular complexity index is 2520. The Hall–Kier alpha value is -5.53. The lowest BCUT2D eigenvalue weighted by Crippen LogP contribution is -2.42. The summed E-state index contributed by atoms with van der Waals surface area (Å²) in [4.78, 5) is 0. The molecular weight excluding hydrogens is 552 g/mol. The number of hydrogen-bond donors (Lipinski definition) is 0. The molecule has 0 aliphatic carbocycles. The van der Waals surface area contributed by atoms with Gasteiger partial charge < -0.3 is 4.57 Å². The van der Waals surface area contributed by atoms with E-state index in [0.717, 1.165) is 0 Å². The van der Waals surface area contributed by atoms with Crippen LogP contribution in [0.1, 0.15) is 5.56 Å². The van der Waals surface area contributed by atoms with Crippen LogP contribution in [-0.4, -0.2) is 19.1 Å². The highest BCUT2D eigenvalue weighted by atomic mass is 15.0. The van der Waals surface area contributed by atoms with Gasteiger partial charge in [0.05, 0.1) is 5.52 Å². The number of hydrogen-bond acceptors (Lipinski definition) is 0. The summed E-state index contributed by atoms with van der Waals surface area (Å²) in [5, 5.41) is 8.05. The minimum atomic E-state index is 1.19. The quantitative estimate of drug-likeness (QED) is 0.148. The van der Waals surface area contributed by atoms with E-state index < -0.39 is 0 Å². The van der Waals surface area contributed by atoms with Gasteiger partial charge >= 0.3 is 0 Å². The van der Waals surface area contributed by atoms with Crippen molar-refractivity contribution in [3.05, 3.63) is 151 Å². The molecular formula is C43H27B2N. The van der Waals surface area contributed by atoms with Crippen molar-refractivity contribution < 1.29 is 0 Å².